The second-order valence-electron chi connectivity index (χ2n) is 11.6. The summed E-state index contributed by atoms with van der Waals surface area (Å²) in [7, 11) is 0. The van der Waals surface area contributed by atoms with Crippen LogP contribution < -0.4 is 15.1 Å². The lowest BCUT2D eigenvalue weighted by atomic mass is 9.95. The first kappa shape index (κ1) is 27.7. The van der Waals surface area contributed by atoms with Gasteiger partial charge < -0.3 is 4.90 Å². The molecule has 1 atom stereocenters. The van der Waals surface area contributed by atoms with E-state index in [2.05, 4.69) is 39.3 Å². The Morgan fingerprint density at radius 2 is 1.64 bits per heavy atom. The van der Waals surface area contributed by atoms with Crippen molar-refractivity contribution in [3.05, 3.63) is 112 Å². The molecular formula is C35H30FN5O3. The van der Waals surface area contributed by atoms with E-state index in [-0.39, 0.29) is 24.1 Å². The number of anilines is 2. The third kappa shape index (κ3) is 4.97. The number of hydrogen-bond acceptors (Lipinski definition) is 5. The van der Waals surface area contributed by atoms with Gasteiger partial charge in [0, 0.05) is 50.1 Å². The summed E-state index contributed by atoms with van der Waals surface area (Å²) in [6.45, 7) is 11.0. The van der Waals surface area contributed by atoms with Crippen LogP contribution in [0, 0.1) is 12.4 Å². The first-order chi connectivity index (χ1) is 21.4. The first-order valence-electron chi connectivity index (χ1n) is 14.8. The monoisotopic (exact) mass is 587 g/mol. The molecule has 0 bridgehead atoms. The van der Waals surface area contributed by atoms with Crippen molar-refractivity contribution < 1.29 is 18.8 Å². The van der Waals surface area contributed by atoms with Gasteiger partial charge in [0.05, 0.1) is 17.9 Å². The summed E-state index contributed by atoms with van der Waals surface area (Å²) in [5.74, 6) is -1.28. The first-order valence-corrected chi connectivity index (χ1v) is 14.8. The number of carbonyl (C=O) groups excluding carboxylic acids is 3. The summed E-state index contributed by atoms with van der Waals surface area (Å²) in [6, 6.07) is 22.2. The summed E-state index contributed by atoms with van der Waals surface area (Å²) in [5.41, 5.74) is 5.64. The fraction of sp³-hybridized carbons (Fsp3) is 0.257. The molecule has 0 unspecified atom stereocenters. The zero-order chi connectivity index (χ0) is 30.4. The highest BCUT2D eigenvalue weighted by Crippen LogP contribution is 2.41. The Balaban J connectivity index is 1.03. The molecule has 0 saturated carbocycles. The molecule has 44 heavy (non-hydrogen) atoms. The molecule has 2 fully saturated rings. The molecule has 0 aliphatic carbocycles. The molecule has 7 rings (SSSR count). The summed E-state index contributed by atoms with van der Waals surface area (Å²) in [5, 5.41) is 4.23. The summed E-state index contributed by atoms with van der Waals surface area (Å²) in [4.78, 5) is 47.0. The van der Waals surface area contributed by atoms with Crippen LogP contribution in [0.1, 0.15) is 39.9 Å². The molecule has 4 aromatic carbocycles. The van der Waals surface area contributed by atoms with E-state index in [0.717, 1.165) is 60.3 Å². The normalized spacial score (nSPS) is 18.5. The fourth-order valence-electron chi connectivity index (χ4n) is 6.67. The summed E-state index contributed by atoms with van der Waals surface area (Å²) < 4.78 is 14.5. The van der Waals surface area contributed by atoms with Crippen molar-refractivity contribution in [2.75, 3.05) is 36.0 Å². The van der Waals surface area contributed by atoms with E-state index in [1.165, 1.54) is 11.6 Å². The number of rotatable bonds is 6. The Hall–Kier alpha value is -5.07. The van der Waals surface area contributed by atoms with Crippen LogP contribution in [0.3, 0.4) is 0 Å². The molecule has 3 aliphatic heterocycles. The average Bonchev–Trinajstić information content (AvgIpc) is 3.32. The maximum Gasteiger partial charge on any atom is 0.259 e. The molecular weight excluding hydrogens is 557 g/mol. The minimum absolute atomic E-state index is 0.203. The van der Waals surface area contributed by atoms with E-state index in [1.54, 1.807) is 23.1 Å². The number of nitrogens with one attached hydrogen (secondary N) is 1. The zero-order valence-corrected chi connectivity index (χ0v) is 24.1. The van der Waals surface area contributed by atoms with Gasteiger partial charge in [0.25, 0.3) is 5.91 Å². The van der Waals surface area contributed by atoms with Crippen LogP contribution in [-0.2, 0) is 22.6 Å². The van der Waals surface area contributed by atoms with Gasteiger partial charge in [-0.15, -0.1) is 0 Å². The second-order valence-corrected chi connectivity index (χ2v) is 11.6. The second kappa shape index (κ2) is 11.2. The summed E-state index contributed by atoms with van der Waals surface area (Å²) >= 11 is 0. The van der Waals surface area contributed by atoms with E-state index in [0.29, 0.717) is 29.8 Å². The molecule has 3 heterocycles. The van der Waals surface area contributed by atoms with Gasteiger partial charge in [0.1, 0.15) is 11.9 Å². The molecule has 0 aromatic heterocycles. The van der Waals surface area contributed by atoms with Gasteiger partial charge in [-0.05, 0) is 59.2 Å². The lowest BCUT2D eigenvalue weighted by molar-refractivity contribution is -0.134. The Bertz CT molecular complexity index is 1860. The third-order valence-electron chi connectivity index (χ3n) is 8.94. The Morgan fingerprint density at radius 1 is 0.886 bits per heavy atom. The molecule has 220 valence electrons. The highest BCUT2D eigenvalue weighted by molar-refractivity contribution is 6.27. The van der Waals surface area contributed by atoms with Gasteiger partial charge in [-0.25, -0.2) is 9.24 Å². The third-order valence-corrected chi connectivity index (χ3v) is 8.94. The highest BCUT2D eigenvalue weighted by atomic mass is 19.1. The molecule has 3 aliphatic rings. The van der Waals surface area contributed by atoms with Gasteiger partial charge in [-0.1, -0.05) is 48.5 Å². The standard InChI is InChI=1S/C35H30FN5O3/c1-37-25-10-12-29(28(36)20-25)40-17-15-39(16-18-40)21-23-7-5-22(6-8-23)19-24-9-11-30-33-26(24)3-2-4-27(33)35(44)41(30)31-13-14-32(42)38-34(31)43/h2-12,20,31H,13-19,21H2,(H,38,42,43)/t31-/m0/s1. The van der Waals surface area contributed by atoms with Gasteiger partial charge >= 0.3 is 0 Å². The highest BCUT2D eigenvalue weighted by Gasteiger charge is 2.40. The van der Waals surface area contributed by atoms with Gasteiger partial charge in [-0.3, -0.25) is 29.5 Å². The van der Waals surface area contributed by atoms with Crippen LogP contribution in [0.2, 0.25) is 0 Å². The maximum atomic E-state index is 14.5. The largest absolute Gasteiger partial charge is 0.367 e. The fourth-order valence-corrected chi connectivity index (χ4v) is 6.67. The number of piperidine rings is 1. The van der Waals surface area contributed by atoms with Gasteiger partial charge in [0.2, 0.25) is 11.8 Å². The lowest BCUT2D eigenvalue weighted by Gasteiger charge is -2.36. The molecule has 1 N–H and O–H groups in total. The Morgan fingerprint density at radius 3 is 2.36 bits per heavy atom. The van der Waals surface area contributed by atoms with Crippen LogP contribution >= 0.6 is 0 Å². The molecule has 0 radical (unpaired) electrons. The number of imide groups is 1. The minimum Gasteiger partial charge on any atom is -0.367 e. The zero-order valence-electron chi connectivity index (χ0n) is 24.1. The molecule has 2 saturated heterocycles. The molecule has 4 aromatic rings. The van der Waals surface area contributed by atoms with Crippen molar-refractivity contribution in [2.45, 2.75) is 31.8 Å². The van der Waals surface area contributed by atoms with Crippen LogP contribution in [-0.4, -0.2) is 54.8 Å². The van der Waals surface area contributed by atoms with Gasteiger partial charge in [-0.2, -0.15) is 0 Å². The number of nitrogens with zero attached hydrogens (tertiary/aromatic N) is 4. The Labute approximate surface area is 254 Å². The van der Waals surface area contributed by atoms with Crippen molar-refractivity contribution in [2.24, 2.45) is 0 Å². The minimum atomic E-state index is -0.699. The number of hydrogen-bond donors (Lipinski definition) is 1. The van der Waals surface area contributed by atoms with Crippen molar-refractivity contribution in [3.8, 4) is 0 Å². The SMILES string of the molecule is [C-]#[N+]c1ccc(N2CCN(Cc3ccc(Cc4ccc5c6c(cccc46)C(=O)N5[C@H]4CCC(=O)NC4=O)cc3)CC2)c(F)c1. The van der Waals surface area contributed by atoms with E-state index < -0.39 is 11.9 Å². The van der Waals surface area contributed by atoms with Gasteiger partial charge in [0.15, 0.2) is 5.69 Å². The van der Waals surface area contributed by atoms with Crippen molar-refractivity contribution in [1.82, 2.24) is 10.2 Å². The van der Waals surface area contributed by atoms with Crippen LogP contribution in [0.25, 0.3) is 15.6 Å². The molecule has 3 amide bonds. The van der Waals surface area contributed by atoms with E-state index in [9.17, 15) is 18.8 Å². The predicted octanol–water partition coefficient (Wildman–Crippen LogP) is 5.21. The quantitative estimate of drug-likeness (QED) is 0.248. The molecule has 0 spiro atoms. The smallest absolute Gasteiger partial charge is 0.259 e. The predicted molar refractivity (Wildman–Crippen MR) is 166 cm³/mol. The average molecular weight is 588 g/mol. The number of carbonyl (C=O) groups is 3. The molecule has 8 nitrogen and oxygen atoms in total. The summed E-state index contributed by atoms with van der Waals surface area (Å²) in [6.07, 6.45) is 1.22. The Kier molecular flexibility index (Phi) is 7.07. The molecule has 9 heteroatoms. The van der Waals surface area contributed by atoms with E-state index in [1.807, 2.05) is 29.2 Å². The number of halogens is 1. The van der Waals surface area contributed by atoms with Crippen molar-refractivity contribution in [1.29, 1.82) is 0 Å². The lowest BCUT2D eigenvalue weighted by Crippen LogP contribution is -2.53. The van der Waals surface area contributed by atoms with Crippen LogP contribution in [0.4, 0.5) is 21.5 Å². The topological polar surface area (TPSA) is 77.3 Å². The van der Waals surface area contributed by atoms with E-state index in [4.69, 9.17) is 6.57 Å². The number of piperazine rings is 1. The number of benzene rings is 4. The van der Waals surface area contributed by atoms with Crippen LogP contribution in [0.15, 0.2) is 72.8 Å². The van der Waals surface area contributed by atoms with Crippen molar-refractivity contribution in [3.63, 3.8) is 0 Å². The maximum absolute atomic E-state index is 14.5. The van der Waals surface area contributed by atoms with Crippen LogP contribution in [0.5, 0.6) is 0 Å². The number of amides is 3. The van der Waals surface area contributed by atoms with E-state index >= 15 is 0 Å². The van der Waals surface area contributed by atoms with Crippen molar-refractivity contribution >= 4 is 45.6 Å².